The van der Waals surface area contributed by atoms with Gasteiger partial charge >= 0.3 is 0 Å². The molecule has 11 heteroatoms. The first-order valence-corrected chi connectivity index (χ1v) is 11.1. The maximum absolute atomic E-state index is 6.52. The second-order valence-corrected chi connectivity index (χ2v) is 8.68. The summed E-state index contributed by atoms with van der Waals surface area (Å²) in [5, 5.41) is 8.42. The molecule has 0 N–H and O–H groups in total. The fourth-order valence-electron chi connectivity index (χ4n) is 4.41. The molecule has 2 unspecified atom stereocenters. The van der Waals surface area contributed by atoms with Crippen LogP contribution in [0.1, 0.15) is 60.9 Å². The Balaban J connectivity index is 1.35. The van der Waals surface area contributed by atoms with E-state index in [1.807, 2.05) is 13.8 Å². The molecule has 3 aromatic heterocycles. The molecule has 0 aliphatic carbocycles. The zero-order valence-corrected chi connectivity index (χ0v) is 18.4. The van der Waals surface area contributed by atoms with Crippen molar-refractivity contribution in [1.29, 1.82) is 0 Å². The molecule has 5 heterocycles. The third-order valence-corrected chi connectivity index (χ3v) is 6.19. The Kier molecular flexibility index (Phi) is 5.47. The van der Waals surface area contributed by atoms with Crippen LogP contribution in [-0.4, -0.2) is 56.4 Å². The van der Waals surface area contributed by atoms with Gasteiger partial charge < -0.3 is 18.8 Å². The molecule has 10 nitrogen and oxygen atoms in total. The Morgan fingerprint density at radius 3 is 2.03 bits per heavy atom. The topological polar surface area (TPSA) is 110 Å². The second kappa shape index (κ2) is 8.41. The number of piperidine rings is 2. The number of halogens is 1. The predicted octanol–water partition coefficient (Wildman–Crippen LogP) is 3.28. The minimum Gasteiger partial charge on any atom is -0.354 e. The van der Waals surface area contributed by atoms with Gasteiger partial charge in [-0.3, -0.25) is 0 Å². The van der Waals surface area contributed by atoms with Gasteiger partial charge in [-0.25, -0.2) is 4.98 Å². The normalized spacial score (nSPS) is 22.2. The SMILES string of the molecule is Cc1noc(C2CCCN(c3ncc(Cl)c(N4CCCC(c5nc(C)no5)C4)n3)C2)n1. The molecule has 31 heavy (non-hydrogen) atoms. The third-order valence-electron chi connectivity index (χ3n) is 5.92. The maximum Gasteiger partial charge on any atom is 0.231 e. The minimum absolute atomic E-state index is 0.171. The van der Waals surface area contributed by atoms with Gasteiger partial charge in [-0.15, -0.1) is 0 Å². The summed E-state index contributed by atoms with van der Waals surface area (Å²) < 4.78 is 10.8. The van der Waals surface area contributed by atoms with Crippen molar-refractivity contribution in [3.05, 3.63) is 34.6 Å². The second-order valence-electron chi connectivity index (χ2n) is 8.27. The molecule has 0 bridgehead atoms. The van der Waals surface area contributed by atoms with E-state index >= 15 is 0 Å². The van der Waals surface area contributed by atoms with Gasteiger partial charge in [0.15, 0.2) is 17.5 Å². The number of rotatable bonds is 4. The Morgan fingerprint density at radius 2 is 1.45 bits per heavy atom. The monoisotopic (exact) mass is 444 g/mol. The number of nitrogens with zero attached hydrogens (tertiary/aromatic N) is 8. The van der Waals surface area contributed by atoms with Crippen molar-refractivity contribution in [2.45, 2.75) is 51.4 Å². The first-order valence-electron chi connectivity index (χ1n) is 10.7. The summed E-state index contributed by atoms with van der Waals surface area (Å²) in [6.07, 6.45) is 5.72. The van der Waals surface area contributed by atoms with Crippen molar-refractivity contribution in [3.63, 3.8) is 0 Å². The standard InChI is InChI=1S/C20H25ClN8O2/c1-12-23-18(30-26-12)14-5-3-7-28(10-14)17-16(21)9-22-20(25-17)29-8-4-6-15(11-29)19-24-13(2)27-31-19/h9,14-15H,3-8,10-11H2,1-2H3. The number of hydrogen-bond donors (Lipinski definition) is 0. The molecule has 2 aliphatic rings. The van der Waals surface area contributed by atoms with Crippen molar-refractivity contribution in [3.8, 4) is 0 Å². The molecule has 0 aromatic carbocycles. The summed E-state index contributed by atoms with van der Waals surface area (Å²) in [5.74, 6) is 4.46. The van der Waals surface area contributed by atoms with E-state index in [9.17, 15) is 0 Å². The van der Waals surface area contributed by atoms with Gasteiger partial charge in [0.2, 0.25) is 17.7 Å². The van der Waals surface area contributed by atoms with Crippen LogP contribution in [0.3, 0.4) is 0 Å². The van der Waals surface area contributed by atoms with Gasteiger partial charge in [-0.2, -0.15) is 15.0 Å². The highest BCUT2D eigenvalue weighted by atomic mass is 35.5. The molecule has 2 saturated heterocycles. The van der Waals surface area contributed by atoms with Gasteiger partial charge in [0.25, 0.3) is 0 Å². The Morgan fingerprint density at radius 1 is 0.871 bits per heavy atom. The zero-order chi connectivity index (χ0) is 21.4. The molecule has 0 spiro atoms. The Hall–Kier alpha value is -2.75. The van der Waals surface area contributed by atoms with E-state index in [4.69, 9.17) is 25.6 Å². The van der Waals surface area contributed by atoms with E-state index in [1.54, 1.807) is 6.20 Å². The van der Waals surface area contributed by atoms with Crippen LogP contribution >= 0.6 is 11.6 Å². The fraction of sp³-hybridized carbons (Fsp3) is 0.600. The minimum atomic E-state index is 0.171. The lowest BCUT2D eigenvalue weighted by molar-refractivity contribution is 0.330. The van der Waals surface area contributed by atoms with Crippen molar-refractivity contribution in [1.82, 2.24) is 30.2 Å². The highest BCUT2D eigenvalue weighted by molar-refractivity contribution is 6.32. The van der Waals surface area contributed by atoms with Crippen LogP contribution in [-0.2, 0) is 0 Å². The first-order chi connectivity index (χ1) is 15.1. The van der Waals surface area contributed by atoms with Crippen molar-refractivity contribution < 1.29 is 9.05 Å². The molecular weight excluding hydrogens is 420 g/mol. The number of aromatic nitrogens is 6. The molecule has 5 rings (SSSR count). The van der Waals surface area contributed by atoms with E-state index in [-0.39, 0.29) is 11.8 Å². The van der Waals surface area contributed by atoms with Crippen LogP contribution in [0.15, 0.2) is 15.2 Å². The van der Waals surface area contributed by atoms with Gasteiger partial charge in [0.1, 0.15) is 5.02 Å². The molecule has 2 atom stereocenters. The van der Waals surface area contributed by atoms with Gasteiger partial charge in [-0.05, 0) is 39.5 Å². The molecule has 3 aromatic rings. The van der Waals surface area contributed by atoms with Crippen molar-refractivity contribution >= 4 is 23.4 Å². The average molecular weight is 445 g/mol. The van der Waals surface area contributed by atoms with Crippen LogP contribution in [0.5, 0.6) is 0 Å². The summed E-state index contributed by atoms with van der Waals surface area (Å²) in [7, 11) is 0. The number of aryl methyl sites for hydroxylation is 2. The van der Waals surface area contributed by atoms with Crippen LogP contribution < -0.4 is 9.80 Å². The highest BCUT2D eigenvalue weighted by Crippen LogP contribution is 2.34. The van der Waals surface area contributed by atoms with Crippen molar-refractivity contribution in [2.75, 3.05) is 36.0 Å². The van der Waals surface area contributed by atoms with Gasteiger partial charge in [-0.1, -0.05) is 21.9 Å². The average Bonchev–Trinajstić information content (AvgIpc) is 3.43. The summed E-state index contributed by atoms with van der Waals surface area (Å²) in [6, 6.07) is 0. The quantitative estimate of drug-likeness (QED) is 0.594. The molecule has 2 fully saturated rings. The van der Waals surface area contributed by atoms with Crippen LogP contribution in [0, 0.1) is 13.8 Å². The van der Waals surface area contributed by atoms with Gasteiger partial charge in [0, 0.05) is 26.2 Å². The summed E-state index contributed by atoms with van der Waals surface area (Å²) in [4.78, 5) is 22.6. The fourth-order valence-corrected chi connectivity index (χ4v) is 4.62. The van der Waals surface area contributed by atoms with Crippen LogP contribution in [0.25, 0.3) is 0 Å². The smallest absolute Gasteiger partial charge is 0.231 e. The zero-order valence-electron chi connectivity index (χ0n) is 17.7. The predicted molar refractivity (Wildman–Crippen MR) is 113 cm³/mol. The third kappa shape index (κ3) is 4.21. The highest BCUT2D eigenvalue weighted by Gasteiger charge is 2.30. The Bertz CT molecular complexity index is 1050. The number of hydrogen-bond acceptors (Lipinski definition) is 10. The molecule has 0 saturated carbocycles. The lowest BCUT2D eigenvalue weighted by Crippen LogP contribution is -2.38. The van der Waals surface area contributed by atoms with Crippen LogP contribution in [0.4, 0.5) is 11.8 Å². The van der Waals surface area contributed by atoms with E-state index in [0.29, 0.717) is 34.4 Å². The largest absolute Gasteiger partial charge is 0.354 e. The lowest BCUT2D eigenvalue weighted by Gasteiger charge is -2.34. The van der Waals surface area contributed by atoms with Crippen molar-refractivity contribution in [2.24, 2.45) is 0 Å². The maximum atomic E-state index is 6.52. The van der Waals surface area contributed by atoms with E-state index < -0.39 is 0 Å². The van der Waals surface area contributed by atoms with E-state index in [0.717, 1.165) is 57.7 Å². The molecular formula is C20H25ClN8O2. The lowest BCUT2D eigenvalue weighted by atomic mass is 9.98. The van der Waals surface area contributed by atoms with E-state index in [2.05, 4.69) is 35.1 Å². The number of anilines is 2. The summed E-state index contributed by atoms with van der Waals surface area (Å²) in [5.41, 5.74) is 0. The summed E-state index contributed by atoms with van der Waals surface area (Å²) in [6.45, 7) is 6.92. The molecule has 164 valence electrons. The first kappa shape index (κ1) is 20.2. The van der Waals surface area contributed by atoms with Crippen LogP contribution in [0.2, 0.25) is 5.02 Å². The molecule has 2 aliphatic heterocycles. The summed E-state index contributed by atoms with van der Waals surface area (Å²) >= 11 is 6.52. The Labute approximate surface area is 185 Å². The van der Waals surface area contributed by atoms with Gasteiger partial charge in [0.05, 0.1) is 18.0 Å². The molecule has 0 radical (unpaired) electrons. The van der Waals surface area contributed by atoms with E-state index in [1.165, 1.54) is 0 Å². The molecule has 0 amide bonds.